The fraction of sp³-hybridized carbons (Fsp3) is 0.333. The lowest BCUT2D eigenvalue weighted by Gasteiger charge is -2.28. The van der Waals surface area contributed by atoms with Gasteiger partial charge in [-0.15, -0.1) is 0 Å². The number of likely N-dealkylation sites (tertiary alicyclic amines) is 1. The van der Waals surface area contributed by atoms with E-state index in [4.69, 9.17) is 33.4 Å². The van der Waals surface area contributed by atoms with Crippen molar-refractivity contribution in [1.29, 1.82) is 0 Å². The fourth-order valence-corrected chi connectivity index (χ4v) is 3.92. The average Bonchev–Trinajstić information content (AvgIpc) is 3.28. The van der Waals surface area contributed by atoms with E-state index in [0.29, 0.717) is 35.3 Å². The Morgan fingerprint density at radius 3 is 2.31 bits per heavy atom. The van der Waals surface area contributed by atoms with Crippen LogP contribution in [0.1, 0.15) is 24.5 Å². The number of amides is 2. The predicted octanol–water partition coefficient (Wildman–Crippen LogP) is 3.91. The number of halogens is 2. The van der Waals surface area contributed by atoms with E-state index in [1.54, 1.807) is 12.1 Å². The van der Waals surface area contributed by atoms with Gasteiger partial charge in [0.05, 0.1) is 10.0 Å². The number of likely N-dealkylation sites (N-methyl/N-ethyl adjacent to an activating group) is 1. The highest BCUT2D eigenvalue weighted by molar-refractivity contribution is 6.42. The second-order valence-electron chi connectivity index (χ2n) is 7.74. The second-order valence-corrected chi connectivity index (χ2v) is 8.55. The summed E-state index contributed by atoms with van der Waals surface area (Å²) < 4.78 is 0. The molecule has 0 saturated carbocycles. The largest absolute Gasteiger partial charge is 0.478 e. The highest BCUT2D eigenvalue weighted by atomic mass is 35.5. The van der Waals surface area contributed by atoms with E-state index in [9.17, 15) is 14.4 Å². The smallest absolute Gasteiger partial charge is 0.328 e. The fourth-order valence-electron chi connectivity index (χ4n) is 3.60. The summed E-state index contributed by atoms with van der Waals surface area (Å²) in [6, 6.07) is 9.66. The van der Waals surface area contributed by atoms with Crippen molar-refractivity contribution in [1.82, 2.24) is 20.1 Å². The topological polar surface area (TPSA) is 123 Å². The van der Waals surface area contributed by atoms with E-state index in [1.165, 1.54) is 5.56 Å². The number of nitrogens with one attached hydrogen (secondary N) is 1. The van der Waals surface area contributed by atoms with Crippen LogP contribution in [-0.4, -0.2) is 68.6 Å². The Kier molecular flexibility index (Phi) is 11.5. The molecule has 1 aromatic carbocycles. The number of nitrogens with zero attached hydrogens (tertiary/aromatic N) is 3. The Bertz CT molecular complexity index is 1020. The van der Waals surface area contributed by atoms with Gasteiger partial charge in [0.1, 0.15) is 0 Å². The molecular weight excluding hydrogens is 495 g/mol. The van der Waals surface area contributed by atoms with Gasteiger partial charge in [-0.3, -0.25) is 9.88 Å². The lowest BCUT2D eigenvalue weighted by atomic mass is 10.2. The maximum Gasteiger partial charge on any atom is 0.328 e. The molecule has 2 aromatic rings. The minimum absolute atomic E-state index is 0.0423. The van der Waals surface area contributed by atoms with Crippen LogP contribution in [0.25, 0.3) is 0 Å². The van der Waals surface area contributed by atoms with Crippen LogP contribution in [0.15, 0.2) is 54.9 Å². The van der Waals surface area contributed by atoms with Gasteiger partial charge in [-0.05, 0) is 48.7 Å². The number of rotatable bonds is 8. The Hall–Kier alpha value is -3.14. The number of aromatic nitrogens is 1. The molecule has 1 aliphatic rings. The molecule has 9 nitrogen and oxygen atoms in total. The summed E-state index contributed by atoms with van der Waals surface area (Å²) in [5, 5.41) is 19.6. The van der Waals surface area contributed by atoms with Gasteiger partial charge in [0.2, 0.25) is 0 Å². The molecule has 1 fully saturated rings. The minimum atomic E-state index is -1.26. The molecule has 35 heavy (non-hydrogen) atoms. The number of carboxylic acids is 2. The number of carboxylic acid groups (broad SMARTS) is 2. The summed E-state index contributed by atoms with van der Waals surface area (Å²) in [4.78, 5) is 40.2. The zero-order valence-corrected chi connectivity index (χ0v) is 20.7. The molecule has 0 spiro atoms. The van der Waals surface area contributed by atoms with E-state index < -0.39 is 11.9 Å². The summed E-state index contributed by atoms with van der Waals surface area (Å²) in [5.41, 5.74) is 2.18. The van der Waals surface area contributed by atoms with Crippen molar-refractivity contribution in [2.45, 2.75) is 32.5 Å². The molecule has 0 radical (unpaired) electrons. The molecule has 188 valence electrons. The summed E-state index contributed by atoms with van der Waals surface area (Å²) in [7, 11) is 0. The Labute approximate surface area is 214 Å². The molecule has 1 atom stereocenters. The number of urea groups is 1. The summed E-state index contributed by atoms with van der Waals surface area (Å²) in [6.07, 6.45) is 5.74. The van der Waals surface area contributed by atoms with Crippen LogP contribution in [0.3, 0.4) is 0 Å². The summed E-state index contributed by atoms with van der Waals surface area (Å²) in [5.74, 6) is -2.51. The Morgan fingerprint density at radius 2 is 1.74 bits per heavy atom. The SMILES string of the molecule is CCN(C(=O)NCc1ccc(Cl)c(Cl)c1)C1CCN(Cc2ccncc2)C1.O=C(O)/C=C\C(=O)O. The molecule has 2 heterocycles. The molecule has 0 bridgehead atoms. The van der Waals surface area contributed by atoms with Crippen molar-refractivity contribution >= 4 is 41.2 Å². The molecule has 1 saturated heterocycles. The normalized spacial score (nSPS) is 15.3. The molecule has 1 aliphatic heterocycles. The standard InChI is InChI=1S/C20H24Cl2N4O.C4H4O4/c1-2-26(20(27)24-12-16-3-4-18(21)19(22)11-16)17-7-10-25(14-17)13-15-5-8-23-9-6-15;5-3(6)1-2-4(7)8/h3-6,8-9,11,17H,2,7,10,12-14H2,1H3,(H,24,27);1-2H,(H,5,6)(H,7,8)/b;2-1-. The number of aliphatic carboxylic acids is 2. The number of pyridine rings is 1. The quantitative estimate of drug-likeness (QED) is 0.449. The first-order valence-corrected chi connectivity index (χ1v) is 11.7. The molecular formula is C24H28Cl2N4O5. The van der Waals surface area contributed by atoms with Gasteiger partial charge < -0.3 is 20.4 Å². The first-order chi connectivity index (χ1) is 16.7. The van der Waals surface area contributed by atoms with Crippen LogP contribution in [-0.2, 0) is 22.7 Å². The van der Waals surface area contributed by atoms with Gasteiger partial charge in [-0.25, -0.2) is 14.4 Å². The summed E-state index contributed by atoms with van der Waals surface area (Å²) >= 11 is 12.0. The van der Waals surface area contributed by atoms with Crippen LogP contribution in [0.2, 0.25) is 10.0 Å². The number of carbonyl (C=O) groups is 3. The number of benzene rings is 1. The van der Waals surface area contributed by atoms with Crippen LogP contribution >= 0.6 is 23.2 Å². The lowest BCUT2D eigenvalue weighted by Crippen LogP contribution is -2.46. The third-order valence-electron chi connectivity index (χ3n) is 5.24. The molecule has 0 aliphatic carbocycles. The van der Waals surface area contributed by atoms with E-state index in [-0.39, 0.29) is 12.1 Å². The van der Waals surface area contributed by atoms with Crippen molar-refractivity contribution in [2.24, 2.45) is 0 Å². The third-order valence-corrected chi connectivity index (χ3v) is 5.98. The second kappa shape index (κ2) is 14.3. The Balaban J connectivity index is 0.000000466. The number of hydrogen-bond donors (Lipinski definition) is 3. The first-order valence-electron chi connectivity index (χ1n) is 10.9. The van der Waals surface area contributed by atoms with Crippen LogP contribution in [0.4, 0.5) is 4.79 Å². The summed E-state index contributed by atoms with van der Waals surface area (Å²) in [6.45, 7) is 5.90. The molecule has 1 aromatic heterocycles. The van der Waals surface area contributed by atoms with E-state index in [0.717, 1.165) is 31.6 Å². The molecule has 11 heteroatoms. The maximum absolute atomic E-state index is 12.7. The van der Waals surface area contributed by atoms with Gasteiger partial charge in [-0.1, -0.05) is 29.3 Å². The van der Waals surface area contributed by atoms with Gasteiger partial charge in [0, 0.05) is 63.3 Å². The van der Waals surface area contributed by atoms with Crippen molar-refractivity contribution < 1.29 is 24.6 Å². The van der Waals surface area contributed by atoms with Gasteiger partial charge in [-0.2, -0.15) is 0 Å². The minimum Gasteiger partial charge on any atom is -0.478 e. The molecule has 3 N–H and O–H groups in total. The van der Waals surface area contributed by atoms with E-state index in [2.05, 4.69) is 15.2 Å². The van der Waals surface area contributed by atoms with E-state index >= 15 is 0 Å². The van der Waals surface area contributed by atoms with Gasteiger partial charge in [0.15, 0.2) is 0 Å². The van der Waals surface area contributed by atoms with Crippen molar-refractivity contribution in [3.05, 3.63) is 76.0 Å². The van der Waals surface area contributed by atoms with Crippen LogP contribution in [0, 0.1) is 0 Å². The number of hydrogen-bond acceptors (Lipinski definition) is 5. The average molecular weight is 523 g/mol. The monoisotopic (exact) mass is 522 g/mol. The zero-order chi connectivity index (χ0) is 25.8. The van der Waals surface area contributed by atoms with Crippen LogP contribution in [0.5, 0.6) is 0 Å². The maximum atomic E-state index is 12.7. The highest BCUT2D eigenvalue weighted by Gasteiger charge is 2.29. The van der Waals surface area contributed by atoms with Crippen molar-refractivity contribution in [3.63, 3.8) is 0 Å². The molecule has 2 amide bonds. The highest BCUT2D eigenvalue weighted by Crippen LogP contribution is 2.23. The lowest BCUT2D eigenvalue weighted by molar-refractivity contribution is -0.134. The van der Waals surface area contributed by atoms with Crippen molar-refractivity contribution in [2.75, 3.05) is 19.6 Å². The first kappa shape index (κ1) is 28.1. The van der Waals surface area contributed by atoms with E-state index in [1.807, 2.05) is 42.4 Å². The molecule has 1 unspecified atom stereocenters. The molecule has 3 rings (SSSR count). The predicted molar refractivity (Wildman–Crippen MR) is 133 cm³/mol. The van der Waals surface area contributed by atoms with Crippen LogP contribution < -0.4 is 5.32 Å². The van der Waals surface area contributed by atoms with Gasteiger partial charge >= 0.3 is 18.0 Å². The third kappa shape index (κ3) is 9.94. The van der Waals surface area contributed by atoms with Gasteiger partial charge in [0.25, 0.3) is 0 Å². The number of carbonyl (C=O) groups excluding carboxylic acids is 1. The zero-order valence-electron chi connectivity index (χ0n) is 19.2. The van der Waals surface area contributed by atoms with Crippen molar-refractivity contribution in [3.8, 4) is 0 Å². The Morgan fingerprint density at radius 1 is 1.09 bits per heavy atom.